The van der Waals surface area contributed by atoms with E-state index in [9.17, 15) is 9.18 Å². The number of hydrogen-bond donors (Lipinski definition) is 1. The molecule has 0 radical (unpaired) electrons. The molecule has 0 fully saturated rings. The van der Waals surface area contributed by atoms with Gasteiger partial charge in [0, 0.05) is 37.2 Å². The molecule has 6 heteroatoms. The Morgan fingerprint density at radius 2 is 2.35 bits per heavy atom. The molecule has 0 unspecified atom stereocenters. The maximum absolute atomic E-state index is 13.2. The molecule has 0 bridgehead atoms. The summed E-state index contributed by atoms with van der Waals surface area (Å²) in [7, 11) is 0. The molecule has 2 aliphatic heterocycles. The van der Waals surface area contributed by atoms with Crippen LogP contribution in [0.15, 0.2) is 24.4 Å². The van der Waals surface area contributed by atoms with Crippen molar-refractivity contribution < 1.29 is 13.9 Å². The molecule has 1 aromatic carbocycles. The zero-order valence-electron chi connectivity index (χ0n) is 12.9. The van der Waals surface area contributed by atoms with Crippen molar-refractivity contribution in [2.75, 3.05) is 0 Å². The Bertz CT molecular complexity index is 771. The van der Waals surface area contributed by atoms with Gasteiger partial charge in [-0.05, 0) is 31.5 Å². The van der Waals surface area contributed by atoms with Crippen molar-refractivity contribution in [3.63, 3.8) is 0 Å². The molecule has 2 atom stereocenters. The average molecular weight is 315 g/mol. The van der Waals surface area contributed by atoms with E-state index in [0.29, 0.717) is 12.2 Å². The molecule has 120 valence electrons. The number of hydrogen-bond acceptors (Lipinski definition) is 3. The lowest BCUT2D eigenvalue weighted by Gasteiger charge is -2.25. The van der Waals surface area contributed by atoms with Gasteiger partial charge in [0.1, 0.15) is 17.4 Å². The van der Waals surface area contributed by atoms with Gasteiger partial charge in [0.25, 0.3) is 5.91 Å². The molecule has 4 rings (SSSR count). The number of aromatic nitrogens is 2. The number of ether oxygens (including phenoxy) is 1. The third-order valence-corrected chi connectivity index (χ3v) is 4.45. The summed E-state index contributed by atoms with van der Waals surface area (Å²) < 4.78 is 21.0. The van der Waals surface area contributed by atoms with Crippen molar-refractivity contribution in [2.24, 2.45) is 0 Å². The molecule has 0 aliphatic carbocycles. The summed E-state index contributed by atoms with van der Waals surface area (Å²) in [5, 5.41) is 3.05. The number of carbonyl (C=O) groups excluding carboxylic acids is 1. The van der Waals surface area contributed by atoms with Crippen molar-refractivity contribution >= 4 is 5.91 Å². The molecule has 3 heterocycles. The minimum atomic E-state index is -0.572. The van der Waals surface area contributed by atoms with Gasteiger partial charge in [0.2, 0.25) is 0 Å². The van der Waals surface area contributed by atoms with Crippen LogP contribution in [0.1, 0.15) is 23.5 Å². The number of carbonyl (C=O) groups is 1. The lowest BCUT2D eigenvalue weighted by atomic mass is 10.1. The van der Waals surface area contributed by atoms with Crippen molar-refractivity contribution in [1.82, 2.24) is 14.9 Å². The van der Waals surface area contributed by atoms with Gasteiger partial charge in [-0.15, -0.1) is 0 Å². The highest BCUT2D eigenvalue weighted by atomic mass is 19.1. The Hall–Kier alpha value is -2.37. The Morgan fingerprint density at radius 3 is 3.22 bits per heavy atom. The number of halogens is 1. The molecule has 5 nitrogen and oxygen atoms in total. The summed E-state index contributed by atoms with van der Waals surface area (Å²) in [6.45, 7) is 2.71. The SMILES string of the molecule is Cc1cn2c(n1)CC[C@@H](NC(=O)[C@H]1Cc3cc(F)ccc3O1)C2. The second-order valence-corrected chi connectivity index (χ2v) is 6.26. The molecule has 0 saturated carbocycles. The normalized spacial score (nSPS) is 22.2. The van der Waals surface area contributed by atoms with E-state index in [0.717, 1.165) is 36.5 Å². The van der Waals surface area contributed by atoms with E-state index in [1.165, 1.54) is 12.1 Å². The van der Waals surface area contributed by atoms with E-state index in [1.54, 1.807) is 6.07 Å². The number of aryl methyl sites for hydroxylation is 2. The smallest absolute Gasteiger partial charge is 0.261 e. The maximum atomic E-state index is 13.2. The van der Waals surface area contributed by atoms with E-state index < -0.39 is 6.10 Å². The second-order valence-electron chi connectivity index (χ2n) is 6.26. The van der Waals surface area contributed by atoms with Gasteiger partial charge in [-0.3, -0.25) is 4.79 Å². The minimum Gasteiger partial charge on any atom is -0.480 e. The van der Waals surface area contributed by atoms with Crippen LogP contribution >= 0.6 is 0 Å². The first-order valence-electron chi connectivity index (χ1n) is 7.86. The van der Waals surface area contributed by atoms with Crippen molar-refractivity contribution in [1.29, 1.82) is 0 Å². The first kappa shape index (κ1) is 14.2. The number of fused-ring (bicyclic) bond motifs is 2. The fourth-order valence-electron chi connectivity index (χ4n) is 3.36. The lowest BCUT2D eigenvalue weighted by Crippen LogP contribution is -2.46. The number of benzene rings is 1. The summed E-state index contributed by atoms with van der Waals surface area (Å²) in [5.74, 6) is 1.24. The van der Waals surface area contributed by atoms with Gasteiger partial charge in [0.15, 0.2) is 6.10 Å². The number of amides is 1. The molecule has 0 saturated heterocycles. The summed E-state index contributed by atoms with van der Waals surface area (Å²) in [6.07, 6.45) is 3.59. The van der Waals surface area contributed by atoms with Crippen LogP contribution in [0.3, 0.4) is 0 Å². The van der Waals surface area contributed by atoms with Crippen molar-refractivity contribution in [3.05, 3.63) is 47.3 Å². The first-order valence-corrected chi connectivity index (χ1v) is 7.86. The third kappa shape index (κ3) is 2.69. The van der Waals surface area contributed by atoms with Crippen molar-refractivity contribution in [2.45, 2.75) is 44.9 Å². The number of nitrogens with one attached hydrogen (secondary N) is 1. The Morgan fingerprint density at radius 1 is 1.48 bits per heavy atom. The first-order chi connectivity index (χ1) is 11.1. The predicted octanol–water partition coefficient (Wildman–Crippen LogP) is 1.77. The molecule has 2 aliphatic rings. The molecule has 0 spiro atoms. The number of rotatable bonds is 2. The van der Waals surface area contributed by atoms with Crippen LogP contribution in [-0.2, 0) is 24.2 Å². The zero-order valence-corrected chi connectivity index (χ0v) is 12.9. The van der Waals surface area contributed by atoms with Gasteiger partial charge in [-0.1, -0.05) is 0 Å². The molecule has 1 aromatic heterocycles. The minimum absolute atomic E-state index is 0.0765. The zero-order chi connectivity index (χ0) is 16.0. The van der Waals surface area contributed by atoms with Gasteiger partial charge in [-0.25, -0.2) is 9.37 Å². The molecule has 2 aromatic rings. The monoisotopic (exact) mass is 315 g/mol. The highest BCUT2D eigenvalue weighted by Crippen LogP contribution is 2.29. The summed E-state index contributed by atoms with van der Waals surface area (Å²) in [5.41, 5.74) is 1.75. The van der Waals surface area contributed by atoms with Crippen LogP contribution < -0.4 is 10.1 Å². The van der Waals surface area contributed by atoms with E-state index >= 15 is 0 Å². The highest BCUT2D eigenvalue weighted by Gasteiger charge is 2.31. The van der Waals surface area contributed by atoms with Gasteiger partial charge in [-0.2, -0.15) is 0 Å². The molecule has 1 amide bonds. The van der Waals surface area contributed by atoms with E-state index in [1.807, 2.05) is 13.1 Å². The van der Waals surface area contributed by atoms with Crippen LogP contribution in [-0.4, -0.2) is 27.6 Å². The van der Waals surface area contributed by atoms with Crippen molar-refractivity contribution in [3.8, 4) is 5.75 Å². The van der Waals surface area contributed by atoms with E-state index in [4.69, 9.17) is 4.74 Å². The maximum Gasteiger partial charge on any atom is 0.261 e. The summed E-state index contributed by atoms with van der Waals surface area (Å²) in [4.78, 5) is 16.9. The van der Waals surface area contributed by atoms with E-state index in [-0.39, 0.29) is 17.8 Å². The Labute approximate surface area is 133 Å². The second kappa shape index (κ2) is 5.37. The van der Waals surface area contributed by atoms with Gasteiger partial charge in [0.05, 0.1) is 5.69 Å². The van der Waals surface area contributed by atoms with Gasteiger partial charge < -0.3 is 14.6 Å². The quantitative estimate of drug-likeness (QED) is 0.919. The Kier molecular flexibility index (Phi) is 3.32. The van der Waals surface area contributed by atoms with Gasteiger partial charge >= 0.3 is 0 Å². The third-order valence-electron chi connectivity index (χ3n) is 4.45. The highest BCUT2D eigenvalue weighted by molar-refractivity contribution is 5.82. The molecular formula is C17H18FN3O2. The fourth-order valence-corrected chi connectivity index (χ4v) is 3.36. The van der Waals surface area contributed by atoms with Crippen LogP contribution in [0.5, 0.6) is 5.75 Å². The lowest BCUT2D eigenvalue weighted by molar-refractivity contribution is -0.128. The van der Waals surface area contributed by atoms with Crippen LogP contribution in [0.4, 0.5) is 4.39 Å². The number of imidazole rings is 1. The summed E-state index contributed by atoms with van der Waals surface area (Å²) in [6, 6.07) is 4.44. The molecular weight excluding hydrogens is 297 g/mol. The number of nitrogens with zero attached hydrogens (tertiary/aromatic N) is 2. The average Bonchev–Trinajstić information content (AvgIpc) is 3.08. The molecule has 1 N–H and O–H groups in total. The van der Waals surface area contributed by atoms with E-state index in [2.05, 4.69) is 14.9 Å². The van der Waals surface area contributed by atoms with Crippen LogP contribution in [0.2, 0.25) is 0 Å². The van der Waals surface area contributed by atoms with Crippen LogP contribution in [0, 0.1) is 12.7 Å². The summed E-state index contributed by atoms with van der Waals surface area (Å²) >= 11 is 0. The standard InChI is InChI=1S/C17H18FN3O2/c1-10-8-21-9-13(3-5-16(21)19-10)20-17(22)15-7-11-6-12(18)2-4-14(11)23-15/h2,4,6,8,13,15H,3,5,7,9H2,1H3,(H,20,22)/t13-,15-/m1/s1. The predicted molar refractivity (Wildman–Crippen MR) is 81.7 cm³/mol. The largest absolute Gasteiger partial charge is 0.480 e. The molecule has 23 heavy (non-hydrogen) atoms. The fraction of sp³-hybridized carbons (Fsp3) is 0.412. The Balaban J connectivity index is 1.40. The topological polar surface area (TPSA) is 56.2 Å². The van der Waals surface area contributed by atoms with Crippen LogP contribution in [0.25, 0.3) is 0 Å².